The molecule has 0 saturated heterocycles. The zero-order valence-corrected chi connectivity index (χ0v) is 7.26. The summed E-state index contributed by atoms with van der Waals surface area (Å²) < 4.78 is 0. The molecule has 0 aliphatic carbocycles. The van der Waals surface area contributed by atoms with Gasteiger partial charge in [-0.1, -0.05) is 26.0 Å². The normalized spacial score (nSPS) is 9.67. The Balaban J connectivity index is 0.00000121. The Kier molecular flexibility index (Phi) is 4.91. The fraction of sp³-hybridized carbons (Fsp3) is 0.400. The molecule has 1 rings (SSSR count). The summed E-state index contributed by atoms with van der Waals surface area (Å²) >= 11 is 0. The molecule has 62 valence electrons. The van der Waals surface area contributed by atoms with Crippen molar-refractivity contribution in [1.82, 2.24) is 0 Å². The Morgan fingerprint density at radius 2 is 1.83 bits per heavy atom. The molecule has 0 heterocycles. The van der Waals surface area contributed by atoms with Crippen LogP contribution in [0.15, 0.2) is 18.2 Å². The van der Waals surface area contributed by atoms with E-state index in [2.05, 4.69) is 19.9 Å². The summed E-state index contributed by atoms with van der Waals surface area (Å²) in [5.41, 5.74) is 2.23. The van der Waals surface area contributed by atoms with Crippen LogP contribution in [0.3, 0.4) is 0 Å². The Morgan fingerprint density at radius 1 is 1.25 bits per heavy atom. The molecule has 1 aromatic carbocycles. The summed E-state index contributed by atoms with van der Waals surface area (Å²) in [4.78, 5) is 0. The van der Waals surface area contributed by atoms with Crippen molar-refractivity contribution < 1.29 is 5.11 Å². The predicted molar refractivity (Wildman–Crippen MR) is 54.1 cm³/mol. The quantitative estimate of drug-likeness (QED) is 0.647. The van der Waals surface area contributed by atoms with Crippen molar-refractivity contribution >= 4 is 29.6 Å². The molecule has 0 unspecified atom stereocenters. The van der Waals surface area contributed by atoms with Crippen molar-refractivity contribution in [2.24, 2.45) is 0 Å². The molecule has 2 heteroatoms. The SMILES string of the molecule is Cc1c(O)cccc1C(C)C.[NaH]. The van der Waals surface area contributed by atoms with E-state index in [0.29, 0.717) is 11.7 Å². The Hall–Kier alpha value is 0.0200. The Labute approximate surface area is 96.1 Å². The van der Waals surface area contributed by atoms with Crippen LogP contribution in [0, 0.1) is 6.92 Å². The summed E-state index contributed by atoms with van der Waals surface area (Å²) in [5, 5.41) is 9.35. The standard InChI is InChI=1S/C10H14O.Na.H/c1-7(2)9-5-4-6-10(11)8(9)3;;/h4-7,11H,1-3H3;;. The van der Waals surface area contributed by atoms with Crippen LogP contribution < -0.4 is 0 Å². The number of rotatable bonds is 1. The summed E-state index contributed by atoms with van der Waals surface area (Å²) in [6, 6.07) is 5.67. The van der Waals surface area contributed by atoms with Crippen molar-refractivity contribution in [3.63, 3.8) is 0 Å². The van der Waals surface area contributed by atoms with Crippen molar-refractivity contribution in [1.29, 1.82) is 0 Å². The first kappa shape index (κ1) is 12.0. The minimum atomic E-state index is 0. The Morgan fingerprint density at radius 3 is 2.25 bits per heavy atom. The molecule has 12 heavy (non-hydrogen) atoms. The molecule has 0 fully saturated rings. The van der Waals surface area contributed by atoms with Crippen LogP contribution in [-0.4, -0.2) is 34.7 Å². The van der Waals surface area contributed by atoms with Gasteiger partial charge < -0.3 is 5.11 Å². The molecule has 0 aliphatic heterocycles. The molecule has 0 aliphatic rings. The van der Waals surface area contributed by atoms with Crippen LogP contribution in [-0.2, 0) is 0 Å². The van der Waals surface area contributed by atoms with Gasteiger partial charge in [0.2, 0.25) is 0 Å². The molecule has 0 aromatic heterocycles. The summed E-state index contributed by atoms with van der Waals surface area (Å²) in [5.74, 6) is 0.887. The maximum atomic E-state index is 9.35. The van der Waals surface area contributed by atoms with Gasteiger partial charge in [0, 0.05) is 0 Å². The third-order valence-electron chi connectivity index (χ3n) is 1.97. The van der Waals surface area contributed by atoms with Gasteiger partial charge in [-0.2, -0.15) is 0 Å². The molecule has 0 radical (unpaired) electrons. The number of benzene rings is 1. The predicted octanol–water partition coefficient (Wildman–Crippen LogP) is 2.18. The number of phenolic OH excluding ortho intramolecular Hbond substituents is 1. The summed E-state index contributed by atoms with van der Waals surface area (Å²) in [7, 11) is 0. The van der Waals surface area contributed by atoms with E-state index in [1.54, 1.807) is 6.07 Å². The van der Waals surface area contributed by atoms with Gasteiger partial charge in [-0.25, -0.2) is 0 Å². The minimum absolute atomic E-state index is 0. The van der Waals surface area contributed by atoms with Gasteiger partial charge in [0.05, 0.1) is 0 Å². The average Bonchev–Trinajstić information content (AvgIpc) is 1.94. The van der Waals surface area contributed by atoms with E-state index < -0.39 is 0 Å². The Bertz CT molecular complexity index is 256. The second kappa shape index (κ2) is 4.90. The fourth-order valence-corrected chi connectivity index (χ4v) is 1.27. The molecule has 0 saturated carbocycles. The first-order chi connectivity index (χ1) is 5.13. The molecule has 1 nitrogen and oxygen atoms in total. The summed E-state index contributed by atoms with van der Waals surface area (Å²) in [6.45, 7) is 6.20. The number of hydrogen-bond donors (Lipinski definition) is 1. The van der Waals surface area contributed by atoms with E-state index in [4.69, 9.17) is 0 Å². The van der Waals surface area contributed by atoms with Gasteiger partial charge in [0.15, 0.2) is 0 Å². The van der Waals surface area contributed by atoms with Crippen LogP contribution in [0.5, 0.6) is 5.75 Å². The zero-order chi connectivity index (χ0) is 8.43. The first-order valence-electron chi connectivity index (χ1n) is 3.91. The van der Waals surface area contributed by atoms with Crippen LogP contribution in [0.4, 0.5) is 0 Å². The van der Waals surface area contributed by atoms with Gasteiger partial charge in [-0.3, -0.25) is 0 Å². The van der Waals surface area contributed by atoms with Crippen LogP contribution >= 0.6 is 0 Å². The van der Waals surface area contributed by atoms with Crippen molar-refractivity contribution in [3.8, 4) is 5.75 Å². The van der Waals surface area contributed by atoms with E-state index in [0.717, 1.165) is 5.56 Å². The fourth-order valence-electron chi connectivity index (χ4n) is 1.27. The van der Waals surface area contributed by atoms with Crippen LogP contribution in [0.25, 0.3) is 0 Å². The van der Waals surface area contributed by atoms with Crippen molar-refractivity contribution in [3.05, 3.63) is 29.3 Å². The monoisotopic (exact) mass is 174 g/mol. The van der Waals surface area contributed by atoms with Crippen LogP contribution in [0.2, 0.25) is 0 Å². The maximum absolute atomic E-state index is 9.35. The third kappa shape index (κ3) is 2.51. The molecule has 0 bridgehead atoms. The van der Waals surface area contributed by atoms with E-state index in [9.17, 15) is 5.11 Å². The topological polar surface area (TPSA) is 20.2 Å². The zero-order valence-electron chi connectivity index (χ0n) is 7.26. The summed E-state index contributed by atoms with van der Waals surface area (Å²) in [6.07, 6.45) is 0. The number of phenols is 1. The average molecular weight is 174 g/mol. The van der Waals surface area contributed by atoms with Gasteiger partial charge in [-0.05, 0) is 30.0 Å². The molecule has 1 N–H and O–H groups in total. The molecule has 0 atom stereocenters. The third-order valence-corrected chi connectivity index (χ3v) is 1.97. The molecule has 1 aromatic rings. The van der Waals surface area contributed by atoms with Gasteiger partial charge >= 0.3 is 29.6 Å². The van der Waals surface area contributed by atoms with Gasteiger partial charge in [-0.15, -0.1) is 0 Å². The number of aromatic hydroxyl groups is 1. The van der Waals surface area contributed by atoms with Gasteiger partial charge in [0.25, 0.3) is 0 Å². The van der Waals surface area contributed by atoms with Gasteiger partial charge in [0.1, 0.15) is 5.75 Å². The van der Waals surface area contributed by atoms with E-state index >= 15 is 0 Å². The van der Waals surface area contributed by atoms with Crippen molar-refractivity contribution in [2.75, 3.05) is 0 Å². The number of hydrogen-bond acceptors (Lipinski definition) is 1. The van der Waals surface area contributed by atoms with Crippen LogP contribution in [0.1, 0.15) is 30.9 Å². The first-order valence-corrected chi connectivity index (χ1v) is 3.91. The molecule has 0 spiro atoms. The van der Waals surface area contributed by atoms with Crippen molar-refractivity contribution in [2.45, 2.75) is 26.7 Å². The second-order valence-corrected chi connectivity index (χ2v) is 3.15. The molecule has 0 amide bonds. The molecular formula is C10H15NaO. The van der Waals surface area contributed by atoms with E-state index in [-0.39, 0.29) is 29.6 Å². The van der Waals surface area contributed by atoms with E-state index in [1.807, 2.05) is 13.0 Å². The second-order valence-electron chi connectivity index (χ2n) is 3.15. The molecular weight excluding hydrogens is 159 g/mol. The van der Waals surface area contributed by atoms with E-state index in [1.165, 1.54) is 5.56 Å².